The molecule has 2 fully saturated rings. The van der Waals surface area contributed by atoms with Crippen molar-refractivity contribution < 1.29 is 4.79 Å². The maximum absolute atomic E-state index is 12.8. The highest BCUT2D eigenvalue weighted by molar-refractivity contribution is 5.79. The number of hydrogen-bond acceptors (Lipinski definition) is 3. The van der Waals surface area contributed by atoms with E-state index in [1.807, 2.05) is 18.7 Å². The second kappa shape index (κ2) is 6.27. The molecule has 1 aromatic heterocycles. The molecule has 3 rings (SSSR count). The van der Waals surface area contributed by atoms with Crippen molar-refractivity contribution in [1.29, 1.82) is 0 Å². The number of aryl methyl sites for hydroxylation is 2. The van der Waals surface area contributed by atoms with E-state index in [1.54, 1.807) is 0 Å². The number of carbonyl (C=O) groups excluding carboxylic acids is 1. The van der Waals surface area contributed by atoms with Gasteiger partial charge in [-0.15, -0.1) is 0 Å². The molecule has 23 heavy (non-hydrogen) atoms. The summed E-state index contributed by atoms with van der Waals surface area (Å²) in [7, 11) is 1.97. The quantitative estimate of drug-likeness (QED) is 0.925. The van der Waals surface area contributed by atoms with Crippen molar-refractivity contribution in [3.63, 3.8) is 0 Å². The van der Waals surface area contributed by atoms with Gasteiger partial charge in [0.25, 0.3) is 0 Å². The van der Waals surface area contributed by atoms with Crippen LogP contribution in [0.5, 0.6) is 0 Å². The summed E-state index contributed by atoms with van der Waals surface area (Å²) in [5.74, 6) is 0.348. The summed E-state index contributed by atoms with van der Waals surface area (Å²) < 4.78 is 1.92. The number of likely N-dealkylation sites (tertiary alicyclic amines) is 1. The molecule has 2 aliphatic rings. The van der Waals surface area contributed by atoms with Crippen LogP contribution in [0, 0.1) is 25.2 Å². The zero-order valence-electron chi connectivity index (χ0n) is 15.0. The lowest BCUT2D eigenvalue weighted by atomic mass is 9.77. The second-order valence-electron chi connectivity index (χ2n) is 7.63. The first-order valence-corrected chi connectivity index (χ1v) is 8.90. The molecule has 1 atom stereocenters. The lowest BCUT2D eigenvalue weighted by Crippen LogP contribution is -2.46. The molecule has 0 radical (unpaired) electrons. The Bertz CT molecular complexity index is 576. The van der Waals surface area contributed by atoms with Crippen molar-refractivity contribution in [1.82, 2.24) is 20.0 Å². The van der Waals surface area contributed by atoms with Crippen molar-refractivity contribution in [2.75, 3.05) is 26.2 Å². The molecule has 5 nitrogen and oxygen atoms in total. The van der Waals surface area contributed by atoms with Crippen LogP contribution in [-0.2, 0) is 18.3 Å². The Kier molecular flexibility index (Phi) is 4.50. The summed E-state index contributed by atoms with van der Waals surface area (Å²) in [6, 6.07) is 0. The molecule has 1 N–H and O–H groups in total. The Labute approximate surface area is 139 Å². The molecule has 2 saturated heterocycles. The van der Waals surface area contributed by atoms with E-state index in [0.29, 0.717) is 11.3 Å². The number of aromatic nitrogens is 2. The van der Waals surface area contributed by atoms with Crippen LogP contribution in [0.1, 0.15) is 43.1 Å². The molecule has 3 heterocycles. The summed E-state index contributed by atoms with van der Waals surface area (Å²) in [5, 5.41) is 7.95. The molecule has 1 aromatic rings. The van der Waals surface area contributed by atoms with Crippen molar-refractivity contribution in [2.24, 2.45) is 18.4 Å². The molecule has 1 spiro atoms. The third kappa shape index (κ3) is 3.16. The van der Waals surface area contributed by atoms with Gasteiger partial charge in [0, 0.05) is 38.3 Å². The van der Waals surface area contributed by atoms with Gasteiger partial charge in [-0.05, 0) is 57.1 Å². The largest absolute Gasteiger partial charge is 0.342 e. The monoisotopic (exact) mass is 318 g/mol. The smallest absolute Gasteiger partial charge is 0.225 e. The highest BCUT2D eigenvalue weighted by Gasteiger charge is 2.38. The number of rotatable bonds is 3. The van der Waals surface area contributed by atoms with Crippen molar-refractivity contribution in [3.05, 3.63) is 17.0 Å². The zero-order valence-corrected chi connectivity index (χ0v) is 15.0. The number of amides is 1. The van der Waals surface area contributed by atoms with E-state index in [4.69, 9.17) is 0 Å². The van der Waals surface area contributed by atoms with Crippen LogP contribution >= 0.6 is 0 Å². The fourth-order valence-corrected chi connectivity index (χ4v) is 4.24. The van der Waals surface area contributed by atoms with E-state index in [-0.39, 0.29) is 5.92 Å². The van der Waals surface area contributed by atoms with E-state index in [9.17, 15) is 4.79 Å². The normalized spacial score (nSPS) is 21.8. The van der Waals surface area contributed by atoms with Crippen LogP contribution in [0.3, 0.4) is 0 Å². The molecular formula is C18H30N4O. The Morgan fingerprint density at radius 1 is 1.30 bits per heavy atom. The second-order valence-corrected chi connectivity index (χ2v) is 7.63. The summed E-state index contributed by atoms with van der Waals surface area (Å²) >= 11 is 0. The van der Waals surface area contributed by atoms with Gasteiger partial charge >= 0.3 is 0 Å². The minimum Gasteiger partial charge on any atom is -0.342 e. The molecule has 0 aromatic carbocycles. The first-order valence-electron chi connectivity index (χ1n) is 8.90. The summed E-state index contributed by atoms with van der Waals surface area (Å²) in [6.07, 6.45) is 4.39. The summed E-state index contributed by atoms with van der Waals surface area (Å²) in [6.45, 7) is 10.3. The Hall–Kier alpha value is -1.36. The first-order chi connectivity index (χ1) is 10.9. The maximum Gasteiger partial charge on any atom is 0.225 e. The molecule has 0 aliphatic carbocycles. The van der Waals surface area contributed by atoms with E-state index in [2.05, 4.69) is 29.2 Å². The van der Waals surface area contributed by atoms with Gasteiger partial charge in [0.2, 0.25) is 5.91 Å². The van der Waals surface area contributed by atoms with Crippen LogP contribution in [0.25, 0.3) is 0 Å². The zero-order chi connectivity index (χ0) is 16.6. The Morgan fingerprint density at radius 2 is 2.00 bits per heavy atom. The average Bonchev–Trinajstić information content (AvgIpc) is 3.08. The van der Waals surface area contributed by atoms with Gasteiger partial charge in [0.15, 0.2) is 0 Å². The van der Waals surface area contributed by atoms with Gasteiger partial charge in [0.1, 0.15) is 0 Å². The van der Waals surface area contributed by atoms with Crippen molar-refractivity contribution >= 4 is 5.91 Å². The number of hydrogen-bond donors (Lipinski definition) is 1. The number of nitrogens with one attached hydrogen (secondary N) is 1. The summed E-state index contributed by atoms with van der Waals surface area (Å²) in [5.41, 5.74) is 3.94. The standard InChI is InChI=1S/C18H30N4O/c1-13(11-16-14(2)20-21(4)15(16)3)17(23)22-9-6-18(7-10-22)5-8-19-12-18/h13,19H,5-12H2,1-4H3. The van der Waals surface area contributed by atoms with Crippen molar-refractivity contribution in [2.45, 2.75) is 46.5 Å². The highest BCUT2D eigenvalue weighted by atomic mass is 16.2. The molecule has 128 valence electrons. The fraction of sp³-hybridized carbons (Fsp3) is 0.778. The van der Waals surface area contributed by atoms with Crippen LogP contribution in [-0.4, -0.2) is 46.8 Å². The molecular weight excluding hydrogens is 288 g/mol. The lowest BCUT2D eigenvalue weighted by Gasteiger charge is -2.39. The van der Waals surface area contributed by atoms with Gasteiger partial charge in [-0.3, -0.25) is 9.48 Å². The molecule has 1 amide bonds. The fourth-order valence-electron chi connectivity index (χ4n) is 4.24. The highest BCUT2D eigenvalue weighted by Crippen LogP contribution is 2.37. The van der Waals surface area contributed by atoms with Crippen LogP contribution in [0.15, 0.2) is 0 Å². The Balaban J connectivity index is 1.60. The lowest BCUT2D eigenvalue weighted by molar-refractivity contribution is -0.137. The molecule has 1 unspecified atom stereocenters. The third-order valence-electron chi connectivity index (χ3n) is 6.06. The SMILES string of the molecule is Cc1nn(C)c(C)c1CC(C)C(=O)N1CCC2(CCNC2)CC1. The minimum atomic E-state index is 0.0346. The number of carbonyl (C=O) groups is 1. The van der Waals surface area contributed by atoms with Gasteiger partial charge in [-0.25, -0.2) is 0 Å². The first kappa shape index (κ1) is 16.5. The molecule has 2 aliphatic heterocycles. The van der Waals surface area contributed by atoms with E-state index in [0.717, 1.165) is 51.1 Å². The minimum absolute atomic E-state index is 0.0346. The number of nitrogens with zero attached hydrogens (tertiary/aromatic N) is 3. The predicted octanol–water partition coefficient (Wildman–Crippen LogP) is 1.82. The van der Waals surface area contributed by atoms with Gasteiger partial charge < -0.3 is 10.2 Å². The predicted molar refractivity (Wildman–Crippen MR) is 91.3 cm³/mol. The molecule has 5 heteroatoms. The maximum atomic E-state index is 12.8. The third-order valence-corrected chi connectivity index (χ3v) is 6.06. The van der Waals surface area contributed by atoms with Crippen LogP contribution in [0.2, 0.25) is 0 Å². The van der Waals surface area contributed by atoms with Gasteiger partial charge in [0.05, 0.1) is 5.69 Å². The average molecular weight is 318 g/mol. The summed E-state index contributed by atoms with van der Waals surface area (Å²) in [4.78, 5) is 14.9. The van der Waals surface area contributed by atoms with E-state index < -0.39 is 0 Å². The van der Waals surface area contributed by atoms with E-state index >= 15 is 0 Å². The van der Waals surface area contributed by atoms with Crippen LogP contribution in [0.4, 0.5) is 0 Å². The van der Waals surface area contributed by atoms with E-state index in [1.165, 1.54) is 17.7 Å². The number of piperidine rings is 1. The topological polar surface area (TPSA) is 50.2 Å². The van der Waals surface area contributed by atoms with Crippen molar-refractivity contribution in [3.8, 4) is 0 Å². The van der Waals surface area contributed by atoms with Gasteiger partial charge in [-0.1, -0.05) is 6.92 Å². The Morgan fingerprint density at radius 3 is 2.52 bits per heavy atom. The molecule has 0 saturated carbocycles. The van der Waals surface area contributed by atoms with Crippen LogP contribution < -0.4 is 5.32 Å². The molecule has 0 bridgehead atoms. The van der Waals surface area contributed by atoms with Gasteiger partial charge in [-0.2, -0.15) is 5.10 Å².